The molecule has 1 N–H and O–H groups in total. The van der Waals surface area contributed by atoms with Gasteiger partial charge in [-0.2, -0.15) is 13.2 Å². The van der Waals surface area contributed by atoms with E-state index in [0.717, 1.165) is 12.1 Å². The molecule has 0 bridgehead atoms. The molecule has 3 nitrogen and oxygen atoms in total. The van der Waals surface area contributed by atoms with Gasteiger partial charge in [-0.3, -0.25) is 0 Å². The Kier molecular flexibility index (Phi) is 3.36. The molecule has 1 aliphatic rings. The first-order valence-electron chi connectivity index (χ1n) is 5.53. The molecular weight excluding hydrogens is 245 g/mol. The summed E-state index contributed by atoms with van der Waals surface area (Å²) in [5.41, 5.74) is -0.0862. The van der Waals surface area contributed by atoms with Gasteiger partial charge in [-0.25, -0.2) is 0 Å². The van der Waals surface area contributed by atoms with E-state index in [9.17, 15) is 13.2 Å². The lowest BCUT2D eigenvalue weighted by atomic mass is 10.1. The van der Waals surface area contributed by atoms with Crippen LogP contribution in [0.4, 0.5) is 18.9 Å². The number of anilines is 1. The Hall–Kier alpha value is -1.85. The quantitative estimate of drug-likeness (QED) is 0.902. The molecule has 1 heterocycles. The minimum atomic E-state index is -4.36. The Morgan fingerprint density at radius 3 is 2.72 bits per heavy atom. The second kappa shape index (κ2) is 4.80. The van der Waals surface area contributed by atoms with Gasteiger partial charge in [0.05, 0.1) is 24.5 Å². The highest BCUT2D eigenvalue weighted by molar-refractivity contribution is 5.62. The van der Waals surface area contributed by atoms with E-state index in [1.165, 1.54) is 6.07 Å². The maximum absolute atomic E-state index is 12.6. The first-order chi connectivity index (χ1) is 8.52. The number of benzene rings is 1. The minimum Gasteiger partial charge on any atom is -0.492 e. The molecule has 1 aromatic carbocycles. The lowest BCUT2D eigenvalue weighted by Crippen LogP contribution is -2.20. The molecule has 1 aliphatic heterocycles. The number of halogens is 3. The molecule has 0 saturated heterocycles. The van der Waals surface area contributed by atoms with E-state index in [-0.39, 0.29) is 5.75 Å². The largest absolute Gasteiger partial charge is 0.492 e. The molecule has 0 radical (unpaired) electrons. The van der Waals surface area contributed by atoms with E-state index in [1.54, 1.807) is 24.2 Å². The first kappa shape index (κ1) is 12.6. The lowest BCUT2D eigenvalue weighted by molar-refractivity contribution is -0.137. The van der Waals surface area contributed by atoms with Crippen molar-refractivity contribution < 1.29 is 17.9 Å². The summed E-state index contributed by atoms with van der Waals surface area (Å²) >= 11 is 0. The lowest BCUT2D eigenvalue weighted by Gasteiger charge is -2.20. The van der Waals surface area contributed by atoms with Gasteiger partial charge in [0.25, 0.3) is 0 Å². The average Bonchev–Trinajstić information content (AvgIpc) is 2.81. The normalized spacial score (nSPS) is 14.8. The minimum absolute atomic E-state index is 0.237. The SMILES string of the molecule is CCOc1cc(C(F)(F)F)ccc1N1C=CNC1. The molecule has 0 amide bonds. The van der Waals surface area contributed by atoms with Crippen molar-refractivity contribution in [1.82, 2.24) is 5.32 Å². The van der Waals surface area contributed by atoms with Crippen LogP contribution in [-0.2, 0) is 6.18 Å². The Labute approximate surface area is 103 Å². The van der Waals surface area contributed by atoms with E-state index < -0.39 is 11.7 Å². The first-order valence-corrected chi connectivity index (χ1v) is 5.53. The molecule has 0 atom stereocenters. The van der Waals surface area contributed by atoms with Gasteiger partial charge in [0.2, 0.25) is 0 Å². The number of nitrogens with one attached hydrogen (secondary N) is 1. The maximum Gasteiger partial charge on any atom is 0.416 e. The third-order valence-electron chi connectivity index (χ3n) is 2.53. The summed E-state index contributed by atoms with van der Waals surface area (Å²) in [6.45, 7) is 2.58. The standard InChI is InChI=1S/C12H13F3N2O/c1-2-18-11-7-9(12(13,14)15)3-4-10(11)17-6-5-16-8-17/h3-7,16H,2,8H2,1H3. The van der Waals surface area contributed by atoms with Crippen molar-refractivity contribution in [2.75, 3.05) is 18.2 Å². The van der Waals surface area contributed by atoms with Crippen LogP contribution in [0.5, 0.6) is 5.75 Å². The van der Waals surface area contributed by atoms with E-state index in [2.05, 4.69) is 5.32 Å². The monoisotopic (exact) mass is 258 g/mol. The van der Waals surface area contributed by atoms with Crippen LogP contribution in [0.1, 0.15) is 12.5 Å². The van der Waals surface area contributed by atoms with Gasteiger partial charge in [0, 0.05) is 12.4 Å². The molecule has 0 unspecified atom stereocenters. The molecule has 0 fully saturated rings. The average molecular weight is 258 g/mol. The van der Waals surface area contributed by atoms with Crippen LogP contribution in [0.3, 0.4) is 0 Å². The van der Waals surface area contributed by atoms with Crippen molar-refractivity contribution in [2.45, 2.75) is 13.1 Å². The van der Waals surface area contributed by atoms with Crippen molar-refractivity contribution in [3.63, 3.8) is 0 Å². The van der Waals surface area contributed by atoms with E-state index in [4.69, 9.17) is 4.74 Å². The summed E-state index contributed by atoms with van der Waals surface area (Å²) in [7, 11) is 0. The van der Waals surface area contributed by atoms with Crippen LogP contribution in [0, 0.1) is 0 Å². The predicted octanol–water partition coefficient (Wildman–Crippen LogP) is 2.94. The maximum atomic E-state index is 12.6. The molecular formula is C12H13F3N2O. The van der Waals surface area contributed by atoms with Crippen molar-refractivity contribution >= 4 is 5.69 Å². The molecule has 0 spiro atoms. The zero-order valence-corrected chi connectivity index (χ0v) is 9.79. The van der Waals surface area contributed by atoms with Crippen LogP contribution < -0.4 is 15.0 Å². The van der Waals surface area contributed by atoms with E-state index in [0.29, 0.717) is 19.0 Å². The van der Waals surface area contributed by atoms with Crippen LogP contribution in [0.15, 0.2) is 30.6 Å². The number of hydrogen-bond acceptors (Lipinski definition) is 3. The second-order valence-corrected chi connectivity index (χ2v) is 3.76. The highest BCUT2D eigenvalue weighted by Crippen LogP contribution is 2.37. The highest BCUT2D eigenvalue weighted by atomic mass is 19.4. The summed E-state index contributed by atoms with van der Waals surface area (Å²) in [6, 6.07) is 3.51. The fourth-order valence-electron chi connectivity index (χ4n) is 1.71. The summed E-state index contributed by atoms with van der Waals surface area (Å²) in [6.07, 6.45) is -0.873. The summed E-state index contributed by atoms with van der Waals surface area (Å²) < 4.78 is 43.1. The Balaban J connectivity index is 2.37. The number of alkyl halides is 3. The van der Waals surface area contributed by atoms with Gasteiger partial charge in [-0.1, -0.05) is 0 Å². The summed E-state index contributed by atoms with van der Waals surface area (Å²) in [5.74, 6) is 0.237. The van der Waals surface area contributed by atoms with Crippen molar-refractivity contribution in [3.8, 4) is 5.75 Å². The molecule has 18 heavy (non-hydrogen) atoms. The molecule has 98 valence electrons. The molecule has 2 rings (SSSR count). The zero-order valence-electron chi connectivity index (χ0n) is 9.79. The van der Waals surface area contributed by atoms with Gasteiger partial charge in [0.15, 0.2) is 0 Å². The summed E-state index contributed by atoms with van der Waals surface area (Å²) in [4.78, 5) is 1.78. The van der Waals surface area contributed by atoms with Gasteiger partial charge >= 0.3 is 6.18 Å². The van der Waals surface area contributed by atoms with Crippen LogP contribution in [0.25, 0.3) is 0 Å². The molecule has 0 aromatic heterocycles. The molecule has 6 heteroatoms. The van der Waals surface area contributed by atoms with Gasteiger partial charge in [-0.05, 0) is 25.1 Å². The number of ether oxygens (including phenoxy) is 1. The highest BCUT2D eigenvalue weighted by Gasteiger charge is 2.31. The van der Waals surface area contributed by atoms with E-state index in [1.807, 2.05) is 0 Å². The fraction of sp³-hybridized carbons (Fsp3) is 0.333. The fourth-order valence-corrected chi connectivity index (χ4v) is 1.71. The van der Waals surface area contributed by atoms with Crippen LogP contribution in [0.2, 0.25) is 0 Å². The predicted molar refractivity (Wildman–Crippen MR) is 62.2 cm³/mol. The zero-order chi connectivity index (χ0) is 13.2. The van der Waals surface area contributed by atoms with Crippen molar-refractivity contribution in [3.05, 3.63) is 36.2 Å². The second-order valence-electron chi connectivity index (χ2n) is 3.76. The third-order valence-corrected chi connectivity index (χ3v) is 2.53. The summed E-state index contributed by atoms with van der Waals surface area (Å²) in [5, 5.41) is 2.95. The Bertz CT molecular complexity index is 457. The number of hydrogen-bond donors (Lipinski definition) is 1. The number of rotatable bonds is 3. The topological polar surface area (TPSA) is 24.5 Å². The van der Waals surface area contributed by atoms with Crippen molar-refractivity contribution in [2.24, 2.45) is 0 Å². The Morgan fingerprint density at radius 1 is 1.39 bits per heavy atom. The molecule has 1 aromatic rings. The smallest absolute Gasteiger partial charge is 0.416 e. The Morgan fingerprint density at radius 2 is 2.17 bits per heavy atom. The van der Waals surface area contributed by atoms with Gasteiger partial charge in [0.1, 0.15) is 5.75 Å². The molecule has 0 aliphatic carbocycles. The number of nitrogens with zero attached hydrogens (tertiary/aromatic N) is 1. The van der Waals surface area contributed by atoms with Crippen molar-refractivity contribution in [1.29, 1.82) is 0 Å². The molecule has 0 saturated carbocycles. The van der Waals surface area contributed by atoms with E-state index >= 15 is 0 Å². The third kappa shape index (κ3) is 2.52. The van der Waals surface area contributed by atoms with Crippen LogP contribution >= 0.6 is 0 Å². The van der Waals surface area contributed by atoms with Gasteiger partial charge < -0.3 is 15.0 Å². The van der Waals surface area contributed by atoms with Crippen LogP contribution in [-0.4, -0.2) is 13.3 Å². The van der Waals surface area contributed by atoms with Gasteiger partial charge in [-0.15, -0.1) is 0 Å².